The van der Waals surface area contributed by atoms with Gasteiger partial charge in [0.15, 0.2) is 6.10 Å². The van der Waals surface area contributed by atoms with E-state index in [0.717, 1.165) is 44.1 Å². The van der Waals surface area contributed by atoms with Crippen LogP contribution < -0.4 is 5.32 Å². The smallest absolute Gasteiger partial charge is 0.309 e. The van der Waals surface area contributed by atoms with Crippen molar-refractivity contribution in [1.29, 1.82) is 0 Å². The normalized spacial score (nSPS) is 33.8. The van der Waals surface area contributed by atoms with E-state index in [1.165, 1.54) is 6.92 Å². The number of ketones is 1. The van der Waals surface area contributed by atoms with E-state index in [1.54, 1.807) is 14.0 Å². The molecular formula is C33H57NO8. The van der Waals surface area contributed by atoms with Gasteiger partial charge in [0.05, 0.1) is 30.8 Å². The minimum atomic E-state index is -1.17. The molecule has 0 radical (unpaired) electrons. The Kier molecular flexibility index (Phi) is 19.5. The molecule has 0 unspecified atom stereocenters. The monoisotopic (exact) mass is 595 g/mol. The number of aliphatic hydroxyl groups excluding tert-OH is 3. The summed E-state index contributed by atoms with van der Waals surface area (Å²) in [4.78, 5) is 37.4. The average Bonchev–Trinajstić information content (AvgIpc) is 2.94. The number of carbonyl (C=O) groups excluding carboxylic acids is 3. The second-order valence-electron chi connectivity index (χ2n) is 12.1. The van der Waals surface area contributed by atoms with E-state index >= 15 is 0 Å². The predicted octanol–water partition coefficient (Wildman–Crippen LogP) is 4.42. The van der Waals surface area contributed by atoms with Crippen LogP contribution in [0.3, 0.4) is 0 Å². The number of nitrogens with one attached hydrogen (secondary N) is 1. The maximum atomic E-state index is 12.5. The van der Waals surface area contributed by atoms with Crippen LogP contribution >= 0.6 is 0 Å². The number of amides is 1. The Morgan fingerprint density at radius 1 is 0.929 bits per heavy atom. The fourth-order valence-electron chi connectivity index (χ4n) is 5.24. The zero-order valence-electron chi connectivity index (χ0n) is 26.6. The number of aliphatic hydroxyl groups is 3. The molecule has 9 heteroatoms. The molecule has 0 aliphatic carbocycles. The molecule has 242 valence electrons. The molecule has 42 heavy (non-hydrogen) atoms. The summed E-state index contributed by atoms with van der Waals surface area (Å²) >= 11 is 0. The average molecular weight is 596 g/mol. The van der Waals surface area contributed by atoms with Crippen LogP contribution in [0.5, 0.6) is 0 Å². The van der Waals surface area contributed by atoms with Crippen LogP contribution in [0.1, 0.15) is 105 Å². The Morgan fingerprint density at radius 3 is 2.33 bits per heavy atom. The molecule has 0 spiro atoms. The molecule has 0 aromatic rings. The number of β-amino-alcohol motifs (C(OH)–C–C–N with tert-alkyl or cyclic N) is 1. The molecule has 7 atom stereocenters. The molecule has 0 bridgehead atoms. The zero-order chi connectivity index (χ0) is 31.5. The van der Waals surface area contributed by atoms with Gasteiger partial charge in [0.2, 0.25) is 0 Å². The molecule has 0 aromatic heterocycles. The summed E-state index contributed by atoms with van der Waals surface area (Å²) in [6.45, 7) is 7.74. The van der Waals surface area contributed by atoms with Gasteiger partial charge in [-0.05, 0) is 69.3 Å². The highest BCUT2D eigenvalue weighted by Crippen LogP contribution is 2.21. The molecule has 4 N–H and O–H groups in total. The zero-order valence-corrected chi connectivity index (χ0v) is 26.6. The van der Waals surface area contributed by atoms with Gasteiger partial charge in [0.1, 0.15) is 5.78 Å². The Morgan fingerprint density at radius 2 is 1.64 bits per heavy atom. The highest BCUT2D eigenvalue weighted by molar-refractivity contribution is 5.83. The van der Waals surface area contributed by atoms with Crippen molar-refractivity contribution in [3.8, 4) is 0 Å². The predicted molar refractivity (Wildman–Crippen MR) is 164 cm³/mol. The molecule has 9 nitrogen and oxygen atoms in total. The summed E-state index contributed by atoms with van der Waals surface area (Å²) in [5.41, 5.74) is 0.971. The summed E-state index contributed by atoms with van der Waals surface area (Å²) in [5.74, 6) is -0.403. The fraction of sp³-hybridized carbons (Fsp3) is 0.788. The van der Waals surface area contributed by atoms with Crippen LogP contribution in [0.15, 0.2) is 23.8 Å². The van der Waals surface area contributed by atoms with Crippen molar-refractivity contribution < 1.29 is 39.2 Å². The van der Waals surface area contributed by atoms with Crippen LogP contribution in [-0.4, -0.2) is 77.7 Å². The maximum Gasteiger partial charge on any atom is 0.309 e. The van der Waals surface area contributed by atoms with Gasteiger partial charge < -0.3 is 30.1 Å². The minimum Gasteiger partial charge on any atom is -0.452 e. The van der Waals surface area contributed by atoms with Gasteiger partial charge in [-0.3, -0.25) is 14.4 Å². The van der Waals surface area contributed by atoms with Crippen LogP contribution in [0.2, 0.25) is 0 Å². The summed E-state index contributed by atoms with van der Waals surface area (Å²) in [6, 6.07) is 0. The fourth-order valence-corrected chi connectivity index (χ4v) is 5.24. The van der Waals surface area contributed by atoms with E-state index in [4.69, 9.17) is 9.47 Å². The van der Waals surface area contributed by atoms with Crippen molar-refractivity contribution in [3.63, 3.8) is 0 Å². The third kappa shape index (κ3) is 16.5. The molecular weight excluding hydrogens is 538 g/mol. The number of methoxy groups -OCH3 is 1. The Labute approximate surface area is 253 Å². The summed E-state index contributed by atoms with van der Waals surface area (Å²) < 4.78 is 10.7. The minimum absolute atomic E-state index is 0.117. The van der Waals surface area contributed by atoms with Crippen LogP contribution in [0, 0.1) is 17.8 Å². The third-order valence-corrected chi connectivity index (χ3v) is 8.05. The molecule has 1 rings (SSSR count). The lowest BCUT2D eigenvalue weighted by Gasteiger charge is -2.22. The molecule has 0 saturated heterocycles. The number of Topliss-reactive ketones (excluding diaryl/α,β-unsaturated/α-hetero) is 1. The van der Waals surface area contributed by atoms with Gasteiger partial charge in [-0.2, -0.15) is 0 Å². The number of allylic oxidation sites excluding steroid dienone is 3. The molecule has 1 aliphatic heterocycles. The number of hydrogen-bond donors (Lipinski definition) is 4. The lowest BCUT2D eigenvalue weighted by molar-refractivity contribution is -0.158. The number of ether oxygens (including phenoxy) is 2. The van der Waals surface area contributed by atoms with Gasteiger partial charge in [-0.25, -0.2) is 0 Å². The van der Waals surface area contributed by atoms with Crippen LogP contribution in [0.4, 0.5) is 0 Å². The molecule has 1 aliphatic rings. The topological polar surface area (TPSA) is 142 Å². The van der Waals surface area contributed by atoms with Crippen molar-refractivity contribution >= 4 is 17.7 Å². The third-order valence-electron chi connectivity index (χ3n) is 8.05. The van der Waals surface area contributed by atoms with Crippen molar-refractivity contribution in [3.05, 3.63) is 23.8 Å². The highest BCUT2D eigenvalue weighted by Gasteiger charge is 2.25. The second kappa shape index (κ2) is 21.6. The van der Waals surface area contributed by atoms with E-state index in [1.807, 2.05) is 12.2 Å². The molecule has 0 aromatic carbocycles. The largest absolute Gasteiger partial charge is 0.452 e. The summed E-state index contributed by atoms with van der Waals surface area (Å²) in [7, 11) is 1.61. The molecule has 1 amide bonds. The SMILES string of the molecule is CC[C@H]1/C=C/C=C(\COC)CC[C@@H](O)[C@@H](O)C[C@H](O)CNC(=O)[C@@H](C)OC(=O)[C@@H](C)C[C@H](C)CCCCC(=O)CCC1. The Balaban J connectivity index is 2.88. The quantitative estimate of drug-likeness (QED) is 0.351. The van der Waals surface area contributed by atoms with Gasteiger partial charge in [0, 0.05) is 32.9 Å². The van der Waals surface area contributed by atoms with E-state index in [9.17, 15) is 29.7 Å². The van der Waals surface area contributed by atoms with Gasteiger partial charge in [-0.1, -0.05) is 51.8 Å². The number of cyclic esters (lactones) is 1. The van der Waals surface area contributed by atoms with Crippen molar-refractivity contribution in [2.75, 3.05) is 20.3 Å². The van der Waals surface area contributed by atoms with Crippen molar-refractivity contribution in [2.24, 2.45) is 17.8 Å². The highest BCUT2D eigenvalue weighted by atomic mass is 16.5. The summed E-state index contributed by atoms with van der Waals surface area (Å²) in [6.07, 6.45) is 9.78. The van der Waals surface area contributed by atoms with Gasteiger partial charge in [-0.15, -0.1) is 0 Å². The van der Waals surface area contributed by atoms with Crippen molar-refractivity contribution in [1.82, 2.24) is 5.32 Å². The lowest BCUT2D eigenvalue weighted by atomic mass is 9.92. The second-order valence-corrected chi connectivity index (χ2v) is 12.1. The molecule has 1 heterocycles. The van der Waals surface area contributed by atoms with E-state index in [2.05, 4.69) is 25.2 Å². The first kappa shape index (κ1) is 38.0. The molecule has 0 fully saturated rings. The lowest BCUT2D eigenvalue weighted by Crippen LogP contribution is -2.42. The first-order chi connectivity index (χ1) is 20.0. The van der Waals surface area contributed by atoms with Crippen LogP contribution in [-0.2, 0) is 23.9 Å². The van der Waals surface area contributed by atoms with Crippen molar-refractivity contribution in [2.45, 2.75) is 129 Å². The van der Waals surface area contributed by atoms with E-state index in [0.29, 0.717) is 44.0 Å². The van der Waals surface area contributed by atoms with Gasteiger partial charge in [0.25, 0.3) is 5.91 Å². The maximum absolute atomic E-state index is 12.5. The number of carbonyl (C=O) groups is 3. The first-order valence-electron chi connectivity index (χ1n) is 15.9. The molecule has 0 saturated carbocycles. The first-order valence-corrected chi connectivity index (χ1v) is 15.9. The van der Waals surface area contributed by atoms with Crippen LogP contribution in [0.25, 0.3) is 0 Å². The number of rotatable bonds is 3. The standard InChI is InChI=1S/C33H57NO8/c1-6-26-12-9-14-27(22-41-5)17-18-30(37)31(38)20-29(36)21-34-32(39)25(4)42-33(40)24(3)19-23(2)11-7-8-15-28(35)16-10-13-26/h9,12,14,23-26,29-31,36-38H,6-8,10-11,13,15-22H2,1-5H3,(H,34,39)/b12-9+,27-14-/t23-,24+,25-,26+,29+,30-,31+/m1/s1. The summed E-state index contributed by atoms with van der Waals surface area (Å²) in [5, 5.41) is 33.8. The Hall–Kier alpha value is -2.07. The number of hydrogen-bond acceptors (Lipinski definition) is 8. The van der Waals surface area contributed by atoms with Gasteiger partial charge >= 0.3 is 5.97 Å². The van der Waals surface area contributed by atoms with E-state index in [-0.39, 0.29) is 31.2 Å². The number of esters is 1. The Bertz CT molecular complexity index is 857. The van der Waals surface area contributed by atoms with E-state index < -0.39 is 36.3 Å².